The second-order valence-corrected chi connectivity index (χ2v) is 8.18. The minimum absolute atomic E-state index is 0.112. The van der Waals surface area contributed by atoms with Gasteiger partial charge in [0.2, 0.25) is 0 Å². The van der Waals surface area contributed by atoms with E-state index in [1.165, 1.54) is 0 Å². The van der Waals surface area contributed by atoms with Gasteiger partial charge in [0, 0.05) is 35.7 Å². The molecule has 3 heterocycles. The summed E-state index contributed by atoms with van der Waals surface area (Å²) in [5.74, 6) is -0.356. The highest BCUT2D eigenvalue weighted by molar-refractivity contribution is 6.35. The number of hydrogen-bond acceptors (Lipinski definition) is 6. The molecule has 0 saturated carbocycles. The van der Waals surface area contributed by atoms with Crippen molar-refractivity contribution in [2.45, 2.75) is 13.8 Å². The van der Waals surface area contributed by atoms with Gasteiger partial charge in [-0.15, -0.1) is 0 Å². The van der Waals surface area contributed by atoms with E-state index in [1.807, 2.05) is 13.8 Å². The Labute approximate surface area is 198 Å². The van der Waals surface area contributed by atoms with Gasteiger partial charge in [-0.1, -0.05) is 0 Å². The molecule has 34 heavy (non-hydrogen) atoms. The number of aromatic nitrogens is 1. The number of nitrogens with zero attached hydrogens (tertiary/aromatic N) is 2. The Morgan fingerprint density at radius 2 is 1.71 bits per heavy atom. The van der Waals surface area contributed by atoms with E-state index in [4.69, 9.17) is 14.2 Å². The van der Waals surface area contributed by atoms with E-state index in [9.17, 15) is 14.9 Å². The molecule has 0 unspecified atom stereocenters. The van der Waals surface area contributed by atoms with Crippen molar-refractivity contribution in [3.63, 3.8) is 0 Å². The summed E-state index contributed by atoms with van der Waals surface area (Å²) < 4.78 is 16.6. The van der Waals surface area contributed by atoms with Crippen LogP contribution in [0.4, 0.5) is 5.69 Å². The Morgan fingerprint density at radius 1 is 1.06 bits per heavy atom. The van der Waals surface area contributed by atoms with Crippen LogP contribution >= 0.6 is 0 Å². The topological polar surface area (TPSA) is 117 Å². The molecule has 0 spiro atoms. The number of fused-ring (bicyclic) bond motifs is 1. The Kier molecular flexibility index (Phi) is 7.43. The van der Waals surface area contributed by atoms with Crippen molar-refractivity contribution in [2.24, 2.45) is 0 Å². The molecule has 9 heteroatoms. The van der Waals surface area contributed by atoms with Crippen molar-refractivity contribution in [2.75, 3.05) is 58.0 Å². The van der Waals surface area contributed by atoms with Gasteiger partial charge < -0.3 is 29.4 Å². The largest absolute Gasteiger partial charge is 0.377 e. The van der Waals surface area contributed by atoms with Crippen molar-refractivity contribution in [1.82, 2.24) is 9.88 Å². The second kappa shape index (κ2) is 10.7. The first-order chi connectivity index (χ1) is 16.5. The zero-order valence-corrected chi connectivity index (χ0v) is 19.4. The summed E-state index contributed by atoms with van der Waals surface area (Å²) in [4.78, 5) is 31.1. The molecule has 2 aromatic rings. The molecule has 178 valence electrons. The number of nitrogens with one attached hydrogen (secondary N) is 2. The van der Waals surface area contributed by atoms with Gasteiger partial charge in [0.1, 0.15) is 0 Å². The standard InChI is InChI=1S/C25H28N4O5/c1-16-22(14-20-19-13-18(15-26)3-4-21(19)28-24(20)30)27-17(2)23(16)25(31)29-5-7-32-9-11-34-12-10-33-8-6-29/h3-4,13-14,27H,5-12H2,1-2H3,(H,28,30)/b20-14-. The fourth-order valence-corrected chi connectivity index (χ4v) is 4.15. The maximum absolute atomic E-state index is 13.5. The zero-order chi connectivity index (χ0) is 24.1. The average Bonchev–Trinajstić information content (AvgIpc) is 3.28. The molecule has 1 aromatic carbocycles. The summed E-state index contributed by atoms with van der Waals surface area (Å²) in [5.41, 5.74) is 5.00. The zero-order valence-electron chi connectivity index (χ0n) is 19.4. The van der Waals surface area contributed by atoms with Crippen molar-refractivity contribution in [3.05, 3.63) is 51.8 Å². The number of carbonyl (C=O) groups is 2. The highest BCUT2D eigenvalue weighted by Crippen LogP contribution is 2.34. The number of aryl methyl sites for hydroxylation is 1. The predicted molar refractivity (Wildman–Crippen MR) is 126 cm³/mol. The lowest BCUT2D eigenvalue weighted by atomic mass is 10.0. The number of aromatic amines is 1. The molecule has 0 radical (unpaired) electrons. The lowest BCUT2D eigenvalue weighted by Crippen LogP contribution is -2.37. The maximum Gasteiger partial charge on any atom is 0.256 e. The van der Waals surface area contributed by atoms with Crippen LogP contribution in [0, 0.1) is 25.2 Å². The van der Waals surface area contributed by atoms with Gasteiger partial charge in [-0.2, -0.15) is 5.26 Å². The molecule has 0 aliphatic carbocycles. The molecular formula is C25H28N4O5. The highest BCUT2D eigenvalue weighted by Gasteiger charge is 2.27. The molecule has 1 fully saturated rings. The van der Waals surface area contributed by atoms with Crippen LogP contribution in [-0.2, 0) is 19.0 Å². The number of ether oxygens (including phenoxy) is 3. The highest BCUT2D eigenvalue weighted by atomic mass is 16.5. The van der Waals surface area contributed by atoms with Crippen molar-refractivity contribution >= 4 is 29.2 Å². The van der Waals surface area contributed by atoms with Crippen LogP contribution in [0.15, 0.2) is 18.2 Å². The predicted octanol–water partition coefficient (Wildman–Crippen LogP) is 2.50. The first-order valence-corrected chi connectivity index (χ1v) is 11.3. The normalized spacial score (nSPS) is 18.6. The molecule has 1 saturated heterocycles. The Bertz CT molecular complexity index is 1150. The molecular weight excluding hydrogens is 436 g/mol. The van der Waals surface area contributed by atoms with Crippen molar-refractivity contribution in [3.8, 4) is 6.07 Å². The maximum atomic E-state index is 13.5. The fraction of sp³-hybridized carbons (Fsp3) is 0.400. The van der Waals surface area contributed by atoms with Crippen LogP contribution < -0.4 is 5.32 Å². The van der Waals surface area contributed by atoms with Gasteiger partial charge in [-0.05, 0) is 43.7 Å². The third kappa shape index (κ3) is 5.04. The molecule has 2 amide bonds. The summed E-state index contributed by atoms with van der Waals surface area (Å²) in [6.07, 6.45) is 1.74. The second-order valence-electron chi connectivity index (χ2n) is 8.18. The summed E-state index contributed by atoms with van der Waals surface area (Å²) in [7, 11) is 0. The van der Waals surface area contributed by atoms with Crippen LogP contribution in [0.5, 0.6) is 0 Å². The number of nitriles is 1. The minimum Gasteiger partial charge on any atom is -0.377 e. The van der Waals surface area contributed by atoms with E-state index < -0.39 is 0 Å². The van der Waals surface area contributed by atoms with E-state index in [1.54, 1.807) is 29.2 Å². The number of anilines is 1. The van der Waals surface area contributed by atoms with Crippen LogP contribution in [-0.4, -0.2) is 74.4 Å². The van der Waals surface area contributed by atoms with Crippen LogP contribution in [0.25, 0.3) is 11.6 Å². The van der Waals surface area contributed by atoms with E-state index in [-0.39, 0.29) is 11.8 Å². The van der Waals surface area contributed by atoms with Crippen molar-refractivity contribution in [1.29, 1.82) is 5.26 Å². The summed E-state index contributed by atoms with van der Waals surface area (Å²) >= 11 is 0. The lowest BCUT2D eigenvalue weighted by Gasteiger charge is -2.24. The molecule has 2 aliphatic heterocycles. The fourth-order valence-electron chi connectivity index (χ4n) is 4.15. The third-order valence-corrected chi connectivity index (χ3v) is 5.95. The van der Waals surface area contributed by atoms with Gasteiger partial charge in [0.15, 0.2) is 0 Å². The Morgan fingerprint density at radius 3 is 2.35 bits per heavy atom. The van der Waals surface area contributed by atoms with Crippen LogP contribution in [0.3, 0.4) is 0 Å². The summed E-state index contributed by atoms with van der Waals surface area (Å²) in [6.45, 7) is 7.35. The Hall–Kier alpha value is -3.45. The number of amides is 2. The first-order valence-electron chi connectivity index (χ1n) is 11.3. The van der Waals surface area contributed by atoms with Crippen LogP contribution in [0.1, 0.15) is 38.4 Å². The van der Waals surface area contributed by atoms with Gasteiger partial charge in [-0.25, -0.2) is 0 Å². The molecule has 9 nitrogen and oxygen atoms in total. The van der Waals surface area contributed by atoms with Gasteiger partial charge in [0.25, 0.3) is 11.8 Å². The number of H-pyrrole nitrogens is 1. The molecule has 2 aliphatic rings. The summed E-state index contributed by atoms with van der Waals surface area (Å²) in [5, 5.41) is 12.1. The molecule has 1 aromatic heterocycles. The first kappa shape index (κ1) is 23.7. The SMILES string of the molecule is Cc1[nH]c(/C=C2\C(=O)Nc3ccc(C#N)cc32)c(C)c1C(=O)N1CCOCCOCCOCC1. The molecule has 0 bridgehead atoms. The molecule has 4 rings (SSSR count). The van der Waals surface area contributed by atoms with E-state index in [0.717, 1.165) is 11.3 Å². The van der Waals surface area contributed by atoms with E-state index in [0.29, 0.717) is 86.4 Å². The molecule has 2 N–H and O–H groups in total. The summed E-state index contributed by atoms with van der Waals surface area (Å²) in [6, 6.07) is 7.19. The van der Waals surface area contributed by atoms with Gasteiger partial charge >= 0.3 is 0 Å². The van der Waals surface area contributed by atoms with E-state index >= 15 is 0 Å². The average molecular weight is 465 g/mol. The number of benzene rings is 1. The Balaban J connectivity index is 1.60. The lowest BCUT2D eigenvalue weighted by molar-refractivity contribution is -0.110. The van der Waals surface area contributed by atoms with Crippen LogP contribution in [0.2, 0.25) is 0 Å². The number of hydrogen-bond donors (Lipinski definition) is 2. The van der Waals surface area contributed by atoms with Gasteiger partial charge in [0.05, 0.1) is 62.4 Å². The third-order valence-electron chi connectivity index (χ3n) is 5.95. The number of carbonyl (C=O) groups excluding carboxylic acids is 2. The molecule has 0 atom stereocenters. The van der Waals surface area contributed by atoms with Gasteiger partial charge in [-0.3, -0.25) is 9.59 Å². The monoisotopic (exact) mass is 464 g/mol. The van der Waals surface area contributed by atoms with E-state index in [2.05, 4.69) is 16.4 Å². The quantitative estimate of drug-likeness (QED) is 0.660. The smallest absolute Gasteiger partial charge is 0.256 e. The minimum atomic E-state index is -0.244. The van der Waals surface area contributed by atoms with Crippen molar-refractivity contribution < 1.29 is 23.8 Å². The number of rotatable bonds is 2.